The number of benzene rings is 1. The molecule has 2 aromatic rings. The van der Waals surface area contributed by atoms with Crippen LogP contribution in [0.2, 0.25) is 0 Å². The van der Waals surface area contributed by atoms with Crippen LogP contribution in [-0.4, -0.2) is 15.9 Å². The summed E-state index contributed by atoms with van der Waals surface area (Å²) in [6.07, 6.45) is 1.61. The Morgan fingerprint density at radius 3 is 2.93 bits per heavy atom. The lowest BCUT2D eigenvalue weighted by Crippen LogP contribution is -2.14. The van der Waals surface area contributed by atoms with Crippen LogP contribution in [0.4, 0.5) is 0 Å². The third kappa shape index (κ3) is 1.42. The monoisotopic (exact) mass is 187 g/mol. The number of hydrogen-bond donors (Lipinski definition) is 1. The molecule has 1 aromatic carbocycles. The molecule has 70 valence electrons. The predicted molar refractivity (Wildman–Crippen MR) is 52.8 cm³/mol. The molecule has 1 heterocycles. The normalized spacial score (nSPS) is 10.4. The molecule has 2 N–H and O–H groups in total. The molecule has 0 fully saturated rings. The first-order valence-corrected chi connectivity index (χ1v) is 4.20. The number of carbonyl (C=O) groups excluding carboxylic acids is 1. The van der Waals surface area contributed by atoms with E-state index in [0.717, 1.165) is 16.5 Å². The Morgan fingerprint density at radius 1 is 1.43 bits per heavy atom. The zero-order valence-electron chi connectivity index (χ0n) is 7.69. The van der Waals surface area contributed by atoms with Gasteiger partial charge in [-0.05, 0) is 19.1 Å². The molecule has 1 aromatic heterocycles. The van der Waals surface area contributed by atoms with E-state index in [1.165, 1.54) is 0 Å². The van der Waals surface area contributed by atoms with Crippen molar-refractivity contribution in [3.8, 4) is 0 Å². The number of aryl methyl sites for hydroxylation is 1. The van der Waals surface area contributed by atoms with Crippen molar-refractivity contribution in [2.45, 2.75) is 6.92 Å². The second-order valence-electron chi connectivity index (χ2n) is 3.12. The molecular weight excluding hydrogens is 178 g/mol. The van der Waals surface area contributed by atoms with Gasteiger partial charge in [0, 0.05) is 11.6 Å². The minimum absolute atomic E-state index is 0.0568. The summed E-state index contributed by atoms with van der Waals surface area (Å²) < 4.78 is 0. The fourth-order valence-corrected chi connectivity index (χ4v) is 1.27. The number of nitrogens with two attached hydrogens (primary N) is 1. The van der Waals surface area contributed by atoms with E-state index in [1.54, 1.807) is 6.20 Å². The van der Waals surface area contributed by atoms with Crippen LogP contribution in [0.15, 0.2) is 24.4 Å². The standard InChI is InChI=1S/C10H9N3O/c1-6-2-3-8-7(4-6)5-12-10(13-8)9(11)14/h2-5H,1H3,(H2,11,14). The van der Waals surface area contributed by atoms with Gasteiger partial charge in [0.1, 0.15) is 0 Å². The number of hydrogen-bond acceptors (Lipinski definition) is 3. The van der Waals surface area contributed by atoms with Crippen LogP contribution in [0.1, 0.15) is 16.2 Å². The zero-order valence-corrected chi connectivity index (χ0v) is 7.69. The average molecular weight is 187 g/mol. The van der Waals surface area contributed by atoms with E-state index in [9.17, 15) is 4.79 Å². The molecule has 14 heavy (non-hydrogen) atoms. The van der Waals surface area contributed by atoms with Crippen LogP contribution in [0.25, 0.3) is 10.9 Å². The van der Waals surface area contributed by atoms with Crippen molar-refractivity contribution in [2.75, 3.05) is 0 Å². The maximum atomic E-state index is 10.8. The van der Waals surface area contributed by atoms with Gasteiger partial charge in [0.05, 0.1) is 5.52 Å². The Balaban J connectivity index is 2.67. The Kier molecular flexibility index (Phi) is 1.89. The van der Waals surface area contributed by atoms with Gasteiger partial charge in [-0.25, -0.2) is 9.97 Å². The van der Waals surface area contributed by atoms with Crippen LogP contribution >= 0.6 is 0 Å². The first-order valence-electron chi connectivity index (χ1n) is 4.20. The van der Waals surface area contributed by atoms with Crippen molar-refractivity contribution < 1.29 is 4.79 Å². The van der Waals surface area contributed by atoms with Gasteiger partial charge in [0.2, 0.25) is 5.82 Å². The summed E-state index contributed by atoms with van der Waals surface area (Å²) >= 11 is 0. The molecular formula is C10H9N3O. The van der Waals surface area contributed by atoms with Gasteiger partial charge in [-0.15, -0.1) is 0 Å². The van der Waals surface area contributed by atoms with Gasteiger partial charge in [-0.2, -0.15) is 0 Å². The number of primary amides is 1. The van der Waals surface area contributed by atoms with Gasteiger partial charge in [-0.1, -0.05) is 11.6 Å². The first kappa shape index (κ1) is 8.62. The van der Waals surface area contributed by atoms with E-state index in [4.69, 9.17) is 5.73 Å². The first-order chi connectivity index (χ1) is 6.66. The Bertz CT molecular complexity index is 508. The summed E-state index contributed by atoms with van der Waals surface area (Å²) in [6, 6.07) is 5.74. The molecule has 2 rings (SSSR count). The minimum Gasteiger partial charge on any atom is -0.363 e. The second-order valence-corrected chi connectivity index (χ2v) is 3.12. The van der Waals surface area contributed by atoms with Gasteiger partial charge in [0.25, 0.3) is 5.91 Å². The van der Waals surface area contributed by atoms with Gasteiger partial charge < -0.3 is 5.73 Å². The van der Waals surface area contributed by atoms with E-state index in [1.807, 2.05) is 25.1 Å². The third-order valence-electron chi connectivity index (χ3n) is 1.96. The maximum Gasteiger partial charge on any atom is 0.286 e. The number of aromatic nitrogens is 2. The van der Waals surface area contributed by atoms with Crippen molar-refractivity contribution in [1.82, 2.24) is 9.97 Å². The quantitative estimate of drug-likeness (QED) is 0.725. The minimum atomic E-state index is -0.604. The summed E-state index contributed by atoms with van der Waals surface area (Å²) in [5.74, 6) is -0.547. The van der Waals surface area contributed by atoms with E-state index in [-0.39, 0.29) is 5.82 Å². The molecule has 1 amide bonds. The van der Waals surface area contributed by atoms with Crippen molar-refractivity contribution in [3.63, 3.8) is 0 Å². The summed E-state index contributed by atoms with van der Waals surface area (Å²) in [6.45, 7) is 1.99. The van der Waals surface area contributed by atoms with Crippen molar-refractivity contribution in [3.05, 3.63) is 35.8 Å². The summed E-state index contributed by atoms with van der Waals surface area (Å²) in [4.78, 5) is 18.7. The fraction of sp³-hybridized carbons (Fsp3) is 0.100. The largest absolute Gasteiger partial charge is 0.363 e. The molecule has 4 nitrogen and oxygen atoms in total. The van der Waals surface area contributed by atoms with Crippen molar-refractivity contribution in [2.24, 2.45) is 5.73 Å². The Morgan fingerprint density at radius 2 is 2.21 bits per heavy atom. The highest BCUT2D eigenvalue weighted by Gasteiger charge is 2.04. The highest BCUT2D eigenvalue weighted by Crippen LogP contribution is 2.12. The molecule has 0 saturated heterocycles. The van der Waals surface area contributed by atoms with E-state index in [2.05, 4.69) is 9.97 Å². The molecule has 0 aliphatic carbocycles. The molecule has 0 saturated carbocycles. The Hall–Kier alpha value is -1.97. The van der Waals surface area contributed by atoms with E-state index in [0.29, 0.717) is 0 Å². The molecule has 0 unspecified atom stereocenters. The topological polar surface area (TPSA) is 68.9 Å². The Labute approximate surface area is 80.8 Å². The number of nitrogens with zero attached hydrogens (tertiary/aromatic N) is 2. The fourth-order valence-electron chi connectivity index (χ4n) is 1.27. The SMILES string of the molecule is Cc1ccc2nc(C(N)=O)ncc2c1. The predicted octanol–water partition coefficient (Wildman–Crippen LogP) is 1.04. The van der Waals surface area contributed by atoms with Crippen LogP contribution < -0.4 is 5.73 Å². The molecule has 0 aliphatic heterocycles. The molecule has 4 heteroatoms. The van der Waals surface area contributed by atoms with Crippen LogP contribution in [-0.2, 0) is 0 Å². The smallest absolute Gasteiger partial charge is 0.286 e. The molecule has 0 atom stereocenters. The van der Waals surface area contributed by atoms with E-state index >= 15 is 0 Å². The number of fused-ring (bicyclic) bond motifs is 1. The maximum absolute atomic E-state index is 10.8. The number of carbonyl (C=O) groups is 1. The van der Waals surface area contributed by atoms with Crippen molar-refractivity contribution >= 4 is 16.8 Å². The van der Waals surface area contributed by atoms with Gasteiger partial charge >= 0.3 is 0 Å². The zero-order chi connectivity index (χ0) is 10.1. The lowest BCUT2D eigenvalue weighted by Gasteiger charge is -1.99. The summed E-state index contributed by atoms with van der Waals surface area (Å²) in [7, 11) is 0. The van der Waals surface area contributed by atoms with Gasteiger partial charge in [-0.3, -0.25) is 4.79 Å². The highest BCUT2D eigenvalue weighted by atomic mass is 16.1. The van der Waals surface area contributed by atoms with E-state index < -0.39 is 5.91 Å². The second kappa shape index (κ2) is 3.06. The lowest BCUT2D eigenvalue weighted by atomic mass is 10.2. The lowest BCUT2D eigenvalue weighted by molar-refractivity contribution is 0.0991. The molecule has 0 bridgehead atoms. The average Bonchev–Trinajstić information content (AvgIpc) is 2.16. The highest BCUT2D eigenvalue weighted by molar-refractivity contribution is 5.91. The van der Waals surface area contributed by atoms with Crippen molar-refractivity contribution in [1.29, 1.82) is 0 Å². The van der Waals surface area contributed by atoms with Crippen LogP contribution in [0.3, 0.4) is 0 Å². The molecule has 0 aliphatic rings. The van der Waals surface area contributed by atoms with Gasteiger partial charge in [0.15, 0.2) is 0 Å². The number of amides is 1. The molecule has 0 radical (unpaired) electrons. The molecule has 0 spiro atoms. The third-order valence-corrected chi connectivity index (χ3v) is 1.96. The summed E-state index contributed by atoms with van der Waals surface area (Å²) in [5.41, 5.74) is 6.94. The van der Waals surface area contributed by atoms with Crippen LogP contribution in [0.5, 0.6) is 0 Å². The van der Waals surface area contributed by atoms with Crippen LogP contribution in [0, 0.1) is 6.92 Å². The summed E-state index contributed by atoms with van der Waals surface area (Å²) in [5, 5.41) is 0.912. The number of rotatable bonds is 1.